The fraction of sp³-hybridized carbons (Fsp3) is 0.208. The molecule has 7 nitrogen and oxygen atoms in total. The molecule has 1 N–H and O–H groups in total. The number of anilines is 2. The molecule has 2 aromatic carbocycles. The van der Waals surface area contributed by atoms with Crippen molar-refractivity contribution in [3.63, 3.8) is 0 Å². The van der Waals surface area contributed by atoms with Crippen molar-refractivity contribution < 1.29 is 14.3 Å². The number of nitrogens with one attached hydrogen (secondary N) is 1. The van der Waals surface area contributed by atoms with Crippen molar-refractivity contribution in [1.82, 2.24) is 4.57 Å². The molecular formula is C24H23N3O4. The van der Waals surface area contributed by atoms with E-state index in [0.29, 0.717) is 30.2 Å². The molecule has 1 saturated heterocycles. The van der Waals surface area contributed by atoms with Crippen LogP contribution in [0.15, 0.2) is 77.7 Å². The van der Waals surface area contributed by atoms with E-state index in [-0.39, 0.29) is 23.8 Å². The average Bonchev–Trinajstić information content (AvgIpc) is 3.18. The minimum Gasteiger partial charge on any atom is -0.495 e. The van der Waals surface area contributed by atoms with Crippen molar-refractivity contribution in [2.24, 2.45) is 5.92 Å². The van der Waals surface area contributed by atoms with Gasteiger partial charge in [-0.25, -0.2) is 0 Å². The molecule has 0 aliphatic carbocycles. The van der Waals surface area contributed by atoms with Crippen LogP contribution in [0.5, 0.6) is 5.75 Å². The van der Waals surface area contributed by atoms with Gasteiger partial charge in [0.15, 0.2) is 0 Å². The molecule has 31 heavy (non-hydrogen) atoms. The Labute approximate surface area is 179 Å². The normalized spacial score (nSPS) is 15.7. The molecular weight excluding hydrogens is 394 g/mol. The van der Waals surface area contributed by atoms with Crippen molar-refractivity contribution in [2.75, 3.05) is 23.9 Å². The highest BCUT2D eigenvalue weighted by molar-refractivity contribution is 6.04. The lowest BCUT2D eigenvalue weighted by atomic mass is 10.1. The molecule has 3 aromatic rings. The summed E-state index contributed by atoms with van der Waals surface area (Å²) < 4.78 is 6.96. The largest absolute Gasteiger partial charge is 0.495 e. The molecule has 2 heterocycles. The Balaban J connectivity index is 1.40. The Kier molecular flexibility index (Phi) is 5.84. The molecule has 2 amide bonds. The lowest BCUT2D eigenvalue weighted by Crippen LogP contribution is -2.28. The SMILES string of the molecule is COc1ccccc1N1CC(C(=O)Nc2ccc(Cn3ccccc3=O)cc2)CC1=O. The number of methoxy groups -OCH3 is 1. The molecule has 0 saturated carbocycles. The molecule has 7 heteroatoms. The summed E-state index contributed by atoms with van der Waals surface area (Å²) in [7, 11) is 1.56. The third-order valence-electron chi connectivity index (χ3n) is 5.35. The van der Waals surface area contributed by atoms with Crippen LogP contribution in [0.2, 0.25) is 0 Å². The van der Waals surface area contributed by atoms with Crippen LogP contribution >= 0.6 is 0 Å². The number of benzene rings is 2. The summed E-state index contributed by atoms with van der Waals surface area (Å²) in [4.78, 5) is 38.7. The summed E-state index contributed by atoms with van der Waals surface area (Å²) >= 11 is 0. The second kappa shape index (κ2) is 8.87. The highest BCUT2D eigenvalue weighted by atomic mass is 16.5. The number of aromatic nitrogens is 1. The van der Waals surface area contributed by atoms with Gasteiger partial charge >= 0.3 is 0 Å². The Morgan fingerprint density at radius 1 is 1.03 bits per heavy atom. The lowest BCUT2D eigenvalue weighted by Gasteiger charge is -2.19. The first-order valence-corrected chi connectivity index (χ1v) is 10.0. The van der Waals surface area contributed by atoms with Gasteiger partial charge in [0.05, 0.1) is 25.3 Å². The Morgan fingerprint density at radius 3 is 2.52 bits per heavy atom. The second-order valence-corrected chi connectivity index (χ2v) is 7.43. The predicted octanol–water partition coefficient (Wildman–Crippen LogP) is 2.90. The van der Waals surface area contributed by atoms with Crippen LogP contribution in [0, 0.1) is 5.92 Å². The molecule has 1 aliphatic rings. The summed E-state index contributed by atoms with van der Waals surface area (Å²) in [5, 5.41) is 2.89. The topological polar surface area (TPSA) is 80.6 Å². The maximum Gasteiger partial charge on any atom is 0.250 e. The van der Waals surface area contributed by atoms with Crippen LogP contribution in [0.3, 0.4) is 0 Å². The van der Waals surface area contributed by atoms with E-state index in [2.05, 4.69) is 5.32 Å². The van der Waals surface area contributed by atoms with Crippen LogP contribution in [-0.2, 0) is 16.1 Å². The zero-order chi connectivity index (χ0) is 21.8. The van der Waals surface area contributed by atoms with Crippen LogP contribution in [0.1, 0.15) is 12.0 Å². The van der Waals surface area contributed by atoms with Crippen LogP contribution in [-0.4, -0.2) is 30.0 Å². The third-order valence-corrected chi connectivity index (χ3v) is 5.35. The number of para-hydroxylation sites is 2. The minimum atomic E-state index is -0.444. The number of carbonyl (C=O) groups is 2. The molecule has 0 spiro atoms. The molecule has 1 aromatic heterocycles. The van der Waals surface area contributed by atoms with Crippen LogP contribution in [0.4, 0.5) is 11.4 Å². The van der Waals surface area contributed by atoms with Gasteiger partial charge in [-0.3, -0.25) is 14.4 Å². The first-order valence-electron chi connectivity index (χ1n) is 10.0. The number of nitrogens with zero attached hydrogens (tertiary/aromatic N) is 2. The standard InChI is InChI=1S/C24H23N3O4/c1-31-21-7-3-2-6-20(21)27-16-18(14-23(27)29)24(30)25-19-11-9-17(10-12-19)15-26-13-5-4-8-22(26)28/h2-13,18H,14-16H2,1H3,(H,25,30). The van der Waals surface area contributed by atoms with Crippen molar-refractivity contribution in [1.29, 1.82) is 0 Å². The van der Waals surface area contributed by atoms with Gasteiger partial charge in [0.1, 0.15) is 5.75 Å². The predicted molar refractivity (Wildman–Crippen MR) is 118 cm³/mol. The number of hydrogen-bond donors (Lipinski definition) is 1. The van der Waals surface area contributed by atoms with Gasteiger partial charge in [-0.05, 0) is 35.9 Å². The maximum atomic E-state index is 12.7. The van der Waals surface area contributed by atoms with Gasteiger partial charge in [-0.2, -0.15) is 0 Å². The van der Waals surface area contributed by atoms with E-state index in [9.17, 15) is 14.4 Å². The van der Waals surface area contributed by atoms with Crippen LogP contribution < -0.4 is 20.5 Å². The quantitative estimate of drug-likeness (QED) is 0.669. The van der Waals surface area contributed by atoms with Gasteiger partial charge in [0.25, 0.3) is 5.56 Å². The Morgan fingerprint density at radius 2 is 1.77 bits per heavy atom. The molecule has 4 rings (SSSR count). The van der Waals surface area contributed by atoms with Crippen molar-refractivity contribution in [2.45, 2.75) is 13.0 Å². The zero-order valence-corrected chi connectivity index (χ0v) is 17.2. The van der Waals surface area contributed by atoms with E-state index in [4.69, 9.17) is 4.74 Å². The lowest BCUT2D eigenvalue weighted by molar-refractivity contribution is -0.122. The number of hydrogen-bond acceptors (Lipinski definition) is 4. The number of pyridine rings is 1. The summed E-state index contributed by atoms with van der Waals surface area (Å²) in [6, 6.07) is 19.7. The first-order chi connectivity index (χ1) is 15.0. The number of ether oxygens (including phenoxy) is 1. The monoisotopic (exact) mass is 417 g/mol. The molecule has 1 unspecified atom stereocenters. The van der Waals surface area contributed by atoms with Gasteiger partial charge < -0.3 is 19.5 Å². The Bertz CT molecular complexity index is 1150. The Hall–Kier alpha value is -3.87. The van der Waals surface area contributed by atoms with Crippen molar-refractivity contribution in [3.8, 4) is 5.75 Å². The zero-order valence-electron chi connectivity index (χ0n) is 17.2. The second-order valence-electron chi connectivity index (χ2n) is 7.43. The van der Waals surface area contributed by atoms with E-state index in [1.807, 2.05) is 36.4 Å². The van der Waals surface area contributed by atoms with E-state index in [1.54, 1.807) is 47.0 Å². The summed E-state index contributed by atoms with van der Waals surface area (Å²) in [5.41, 5.74) is 2.21. The fourth-order valence-corrected chi connectivity index (χ4v) is 3.69. The number of amides is 2. The summed E-state index contributed by atoms with van der Waals surface area (Å²) in [6.07, 6.45) is 1.89. The molecule has 1 aliphatic heterocycles. The van der Waals surface area contributed by atoms with Gasteiger partial charge in [-0.15, -0.1) is 0 Å². The molecule has 0 radical (unpaired) electrons. The van der Waals surface area contributed by atoms with Crippen LogP contribution in [0.25, 0.3) is 0 Å². The fourth-order valence-electron chi connectivity index (χ4n) is 3.69. The van der Waals surface area contributed by atoms with E-state index < -0.39 is 5.92 Å². The maximum absolute atomic E-state index is 12.7. The summed E-state index contributed by atoms with van der Waals surface area (Å²) in [5.74, 6) is -0.143. The van der Waals surface area contributed by atoms with E-state index in [0.717, 1.165) is 5.56 Å². The van der Waals surface area contributed by atoms with Crippen molar-refractivity contribution in [3.05, 3.63) is 88.8 Å². The smallest absolute Gasteiger partial charge is 0.250 e. The van der Waals surface area contributed by atoms with Crippen molar-refractivity contribution >= 4 is 23.2 Å². The highest BCUT2D eigenvalue weighted by Crippen LogP contribution is 2.33. The molecule has 0 bridgehead atoms. The number of rotatable bonds is 6. The van der Waals surface area contributed by atoms with Gasteiger partial charge in [-0.1, -0.05) is 30.3 Å². The average molecular weight is 417 g/mol. The summed E-state index contributed by atoms with van der Waals surface area (Å²) in [6.45, 7) is 0.763. The third kappa shape index (κ3) is 4.50. The first kappa shape index (κ1) is 20.4. The highest BCUT2D eigenvalue weighted by Gasteiger charge is 2.36. The molecule has 1 fully saturated rings. The molecule has 1 atom stereocenters. The minimum absolute atomic E-state index is 0.0645. The van der Waals surface area contributed by atoms with Gasteiger partial charge in [0, 0.05) is 30.9 Å². The van der Waals surface area contributed by atoms with Gasteiger partial charge in [0.2, 0.25) is 11.8 Å². The van der Waals surface area contributed by atoms with E-state index in [1.165, 1.54) is 6.07 Å². The molecule has 158 valence electrons. The van der Waals surface area contributed by atoms with E-state index >= 15 is 0 Å². The number of carbonyl (C=O) groups excluding carboxylic acids is 2.